The van der Waals surface area contributed by atoms with E-state index < -0.39 is 5.60 Å². The molecule has 2 N–H and O–H groups in total. The highest BCUT2D eigenvalue weighted by Gasteiger charge is 2.53. The predicted molar refractivity (Wildman–Crippen MR) is 136 cm³/mol. The maximum Gasteiger partial charge on any atom is 0.340 e. The number of ether oxygens (including phenoxy) is 1. The van der Waals surface area contributed by atoms with Crippen LogP contribution in [0.1, 0.15) is 65.1 Å². The summed E-state index contributed by atoms with van der Waals surface area (Å²) in [6.45, 7) is 4.37. The molecule has 6 rings (SSSR count). The van der Waals surface area contributed by atoms with Crippen molar-refractivity contribution in [1.82, 2.24) is 9.97 Å². The third kappa shape index (κ3) is 2.81. The van der Waals surface area contributed by atoms with Crippen molar-refractivity contribution in [2.24, 2.45) is 0 Å². The molecule has 1 aliphatic heterocycles. The lowest BCUT2D eigenvalue weighted by molar-refractivity contribution is 0.0255. The zero-order chi connectivity index (χ0) is 23.3. The highest BCUT2D eigenvalue weighted by atomic mass is 16.6. The maximum absolute atomic E-state index is 13.4. The van der Waals surface area contributed by atoms with Gasteiger partial charge in [0, 0.05) is 49.9 Å². The summed E-state index contributed by atoms with van der Waals surface area (Å²) in [4.78, 5) is 20.8. The number of hydrogen-bond donors (Lipinski definition) is 2. The molecule has 1 aliphatic rings. The number of aromatic nitrogens is 2. The number of aromatic amines is 2. The molecule has 0 fully saturated rings. The van der Waals surface area contributed by atoms with E-state index in [9.17, 15) is 4.79 Å². The van der Waals surface area contributed by atoms with Crippen LogP contribution >= 0.6 is 0 Å². The van der Waals surface area contributed by atoms with Crippen molar-refractivity contribution in [3.05, 3.63) is 106 Å². The van der Waals surface area contributed by atoms with E-state index in [1.165, 1.54) is 0 Å². The third-order valence-corrected chi connectivity index (χ3v) is 7.04. The van der Waals surface area contributed by atoms with Gasteiger partial charge in [0.05, 0.1) is 5.56 Å². The Kier molecular flexibility index (Phi) is 4.84. The Hall–Kier alpha value is -3.79. The molecule has 0 bridgehead atoms. The van der Waals surface area contributed by atoms with Crippen LogP contribution in [0.3, 0.4) is 0 Å². The molecule has 4 heteroatoms. The molecule has 0 unspecified atom stereocenters. The van der Waals surface area contributed by atoms with Crippen molar-refractivity contribution in [2.45, 2.75) is 45.1 Å². The van der Waals surface area contributed by atoms with Crippen LogP contribution in [-0.2, 0) is 23.2 Å². The van der Waals surface area contributed by atoms with E-state index in [-0.39, 0.29) is 5.97 Å². The summed E-state index contributed by atoms with van der Waals surface area (Å²) in [7, 11) is 0. The smallest absolute Gasteiger partial charge is 0.340 e. The second-order valence-corrected chi connectivity index (χ2v) is 9.16. The number of benzene rings is 3. The molecular formula is C30H28N2O2. The summed E-state index contributed by atoms with van der Waals surface area (Å²) >= 11 is 0. The Morgan fingerprint density at radius 3 is 1.76 bits per heavy atom. The minimum atomic E-state index is -1.03. The van der Waals surface area contributed by atoms with Gasteiger partial charge in [-0.25, -0.2) is 4.79 Å². The SMILES string of the molecule is CCCc1[nH]c2ccccc2c1C1(c2c(CCC)[nH]c3ccccc23)OC(=O)c2ccccc21. The van der Waals surface area contributed by atoms with Gasteiger partial charge in [-0.3, -0.25) is 0 Å². The van der Waals surface area contributed by atoms with Crippen LogP contribution in [0.2, 0.25) is 0 Å². The second kappa shape index (κ2) is 7.91. The summed E-state index contributed by atoms with van der Waals surface area (Å²) in [5.41, 5.74) is 7.04. The first-order valence-electron chi connectivity index (χ1n) is 12.2. The van der Waals surface area contributed by atoms with Gasteiger partial charge in [0.15, 0.2) is 5.60 Å². The van der Waals surface area contributed by atoms with Gasteiger partial charge in [0.25, 0.3) is 0 Å². The van der Waals surface area contributed by atoms with Crippen molar-refractivity contribution in [3.63, 3.8) is 0 Å². The lowest BCUT2D eigenvalue weighted by atomic mass is 9.76. The van der Waals surface area contributed by atoms with Gasteiger partial charge in [-0.15, -0.1) is 0 Å². The van der Waals surface area contributed by atoms with Crippen molar-refractivity contribution in [3.8, 4) is 0 Å². The zero-order valence-corrected chi connectivity index (χ0v) is 19.6. The normalized spacial score (nSPS) is 14.6. The Morgan fingerprint density at radius 2 is 1.21 bits per heavy atom. The van der Waals surface area contributed by atoms with E-state index in [2.05, 4.69) is 66.3 Å². The summed E-state index contributed by atoms with van der Waals surface area (Å²) in [6, 6.07) is 24.6. The fourth-order valence-electron chi connectivity index (χ4n) is 5.79. The molecule has 3 aromatic carbocycles. The molecule has 170 valence electrons. The fraction of sp³-hybridized carbons (Fsp3) is 0.233. The monoisotopic (exact) mass is 448 g/mol. The molecule has 0 aliphatic carbocycles. The average Bonchev–Trinajstić information content (AvgIpc) is 3.50. The average molecular weight is 449 g/mol. The van der Waals surface area contributed by atoms with Gasteiger partial charge >= 0.3 is 5.97 Å². The van der Waals surface area contributed by atoms with E-state index >= 15 is 0 Å². The first-order chi connectivity index (χ1) is 16.7. The molecule has 0 saturated heterocycles. The number of nitrogens with one attached hydrogen (secondary N) is 2. The third-order valence-electron chi connectivity index (χ3n) is 7.04. The summed E-state index contributed by atoms with van der Waals surface area (Å²) < 4.78 is 6.62. The standard InChI is InChI=1S/C30H28N2O2/c1-3-11-25-27(20-14-6-9-17-23(20)31-25)30(22-16-8-5-13-19(22)29(33)34-30)28-21-15-7-10-18-24(21)32-26(28)12-4-2/h5-10,13-18,31-32H,3-4,11-12H2,1-2H3. The number of cyclic esters (lactones) is 1. The highest BCUT2D eigenvalue weighted by molar-refractivity contribution is 6.01. The Bertz CT molecular complexity index is 1450. The number of aryl methyl sites for hydroxylation is 2. The van der Waals surface area contributed by atoms with E-state index in [0.717, 1.165) is 75.6 Å². The highest BCUT2D eigenvalue weighted by Crippen LogP contribution is 2.53. The van der Waals surface area contributed by atoms with E-state index in [1.54, 1.807) is 0 Å². The van der Waals surface area contributed by atoms with Gasteiger partial charge < -0.3 is 14.7 Å². The molecule has 0 atom stereocenters. The van der Waals surface area contributed by atoms with E-state index in [1.807, 2.05) is 30.3 Å². The van der Waals surface area contributed by atoms with Gasteiger partial charge in [-0.1, -0.05) is 81.3 Å². The number of carbonyl (C=O) groups excluding carboxylic acids is 1. The van der Waals surface area contributed by atoms with Crippen LogP contribution in [0.25, 0.3) is 21.8 Å². The number of hydrogen-bond acceptors (Lipinski definition) is 2. The Balaban J connectivity index is 1.82. The Labute approximate surface area is 199 Å². The number of esters is 1. The minimum absolute atomic E-state index is 0.268. The molecule has 3 heterocycles. The minimum Gasteiger partial charge on any atom is -0.440 e. The summed E-state index contributed by atoms with van der Waals surface area (Å²) in [5, 5.41) is 2.20. The van der Waals surface area contributed by atoms with Crippen molar-refractivity contribution < 1.29 is 9.53 Å². The topological polar surface area (TPSA) is 57.9 Å². The molecule has 5 aromatic rings. The van der Waals surface area contributed by atoms with Crippen LogP contribution in [0.15, 0.2) is 72.8 Å². The molecule has 2 aromatic heterocycles. The molecule has 0 radical (unpaired) electrons. The largest absolute Gasteiger partial charge is 0.440 e. The van der Waals surface area contributed by atoms with Gasteiger partial charge in [0.2, 0.25) is 0 Å². The van der Waals surface area contributed by atoms with Gasteiger partial charge in [-0.05, 0) is 31.0 Å². The fourth-order valence-corrected chi connectivity index (χ4v) is 5.79. The lowest BCUT2D eigenvalue weighted by Crippen LogP contribution is -2.31. The second-order valence-electron chi connectivity index (χ2n) is 9.16. The van der Waals surface area contributed by atoms with Crippen LogP contribution in [0, 0.1) is 0 Å². The van der Waals surface area contributed by atoms with Crippen LogP contribution < -0.4 is 0 Å². The number of H-pyrrole nitrogens is 2. The molecular weight excluding hydrogens is 420 g/mol. The van der Waals surface area contributed by atoms with Gasteiger partial charge in [-0.2, -0.15) is 0 Å². The van der Waals surface area contributed by atoms with Crippen molar-refractivity contribution in [1.29, 1.82) is 0 Å². The molecule has 34 heavy (non-hydrogen) atoms. The number of para-hydroxylation sites is 2. The zero-order valence-electron chi connectivity index (χ0n) is 19.6. The van der Waals surface area contributed by atoms with E-state index in [0.29, 0.717) is 5.56 Å². The quantitative estimate of drug-likeness (QED) is 0.274. The predicted octanol–water partition coefficient (Wildman–Crippen LogP) is 7.02. The molecule has 4 nitrogen and oxygen atoms in total. The van der Waals surface area contributed by atoms with Crippen LogP contribution in [0.4, 0.5) is 0 Å². The maximum atomic E-state index is 13.4. The Morgan fingerprint density at radius 1 is 0.706 bits per heavy atom. The summed E-state index contributed by atoms with van der Waals surface area (Å²) in [6.07, 6.45) is 3.72. The first-order valence-corrected chi connectivity index (χ1v) is 12.2. The van der Waals surface area contributed by atoms with Crippen molar-refractivity contribution in [2.75, 3.05) is 0 Å². The number of fused-ring (bicyclic) bond motifs is 3. The van der Waals surface area contributed by atoms with Crippen LogP contribution in [0.5, 0.6) is 0 Å². The number of carbonyl (C=O) groups is 1. The van der Waals surface area contributed by atoms with Gasteiger partial charge in [0.1, 0.15) is 0 Å². The van der Waals surface area contributed by atoms with Crippen molar-refractivity contribution >= 4 is 27.8 Å². The lowest BCUT2D eigenvalue weighted by Gasteiger charge is -2.32. The first kappa shape index (κ1) is 20.8. The molecule has 0 spiro atoms. The number of rotatable bonds is 6. The van der Waals surface area contributed by atoms with E-state index in [4.69, 9.17) is 4.74 Å². The summed E-state index contributed by atoms with van der Waals surface area (Å²) in [5.74, 6) is -0.268. The molecule has 0 saturated carbocycles. The molecule has 0 amide bonds. The van der Waals surface area contributed by atoms with Crippen LogP contribution in [-0.4, -0.2) is 15.9 Å².